The summed E-state index contributed by atoms with van der Waals surface area (Å²) in [5.41, 5.74) is 2.90. The molecule has 2 heteroatoms. The number of hydrogen-bond donors (Lipinski definition) is 0. The molecule has 0 aromatic heterocycles. The van der Waals surface area contributed by atoms with Crippen LogP contribution in [0, 0.1) is 0 Å². The van der Waals surface area contributed by atoms with Gasteiger partial charge in [0.1, 0.15) is 5.75 Å². The predicted molar refractivity (Wildman–Crippen MR) is 79.0 cm³/mol. The highest BCUT2D eigenvalue weighted by molar-refractivity contribution is 5.38. The van der Waals surface area contributed by atoms with E-state index in [0.29, 0.717) is 18.1 Å². The van der Waals surface area contributed by atoms with E-state index in [1.807, 2.05) is 6.92 Å². The third-order valence-corrected chi connectivity index (χ3v) is 4.09. The van der Waals surface area contributed by atoms with Crippen molar-refractivity contribution in [1.29, 1.82) is 0 Å². The maximum absolute atomic E-state index is 5.60. The molecule has 19 heavy (non-hydrogen) atoms. The second kappa shape index (κ2) is 6.42. The van der Waals surface area contributed by atoms with Crippen LogP contribution in [0.2, 0.25) is 0 Å². The molecule has 2 nitrogen and oxygen atoms in total. The van der Waals surface area contributed by atoms with Crippen LogP contribution in [0.25, 0.3) is 0 Å². The molecule has 1 saturated heterocycles. The monoisotopic (exact) mass is 262 g/mol. The van der Waals surface area contributed by atoms with Gasteiger partial charge < -0.3 is 9.47 Å². The van der Waals surface area contributed by atoms with Crippen molar-refractivity contribution < 1.29 is 9.47 Å². The van der Waals surface area contributed by atoms with Gasteiger partial charge >= 0.3 is 0 Å². The highest BCUT2D eigenvalue weighted by Crippen LogP contribution is 2.36. The lowest BCUT2D eigenvalue weighted by Gasteiger charge is -2.19. The molecule has 0 radical (unpaired) electrons. The van der Waals surface area contributed by atoms with Gasteiger partial charge in [-0.05, 0) is 62.3 Å². The van der Waals surface area contributed by atoms with Crippen molar-refractivity contribution in [1.82, 2.24) is 0 Å². The maximum Gasteiger partial charge on any atom is 0.119 e. The summed E-state index contributed by atoms with van der Waals surface area (Å²) in [5.74, 6) is 1.61. The molecule has 1 aromatic carbocycles. The van der Waals surface area contributed by atoms with E-state index in [1.54, 1.807) is 0 Å². The summed E-state index contributed by atoms with van der Waals surface area (Å²) in [6.07, 6.45) is 4.32. The first kappa shape index (κ1) is 14.4. The van der Waals surface area contributed by atoms with E-state index < -0.39 is 0 Å². The van der Waals surface area contributed by atoms with Crippen LogP contribution in [0.5, 0.6) is 5.75 Å². The van der Waals surface area contributed by atoms with Crippen LogP contribution < -0.4 is 4.74 Å². The smallest absolute Gasteiger partial charge is 0.119 e. The minimum Gasteiger partial charge on any atom is -0.494 e. The van der Waals surface area contributed by atoms with Gasteiger partial charge in [-0.1, -0.05) is 19.9 Å². The zero-order chi connectivity index (χ0) is 13.8. The lowest BCUT2D eigenvalue weighted by atomic mass is 9.87. The molecule has 0 aliphatic carbocycles. The summed E-state index contributed by atoms with van der Waals surface area (Å²) in [7, 11) is 0. The summed E-state index contributed by atoms with van der Waals surface area (Å²) in [6.45, 7) is 9.41. The van der Waals surface area contributed by atoms with Gasteiger partial charge in [-0.3, -0.25) is 0 Å². The van der Waals surface area contributed by atoms with E-state index in [-0.39, 0.29) is 0 Å². The molecule has 1 fully saturated rings. The van der Waals surface area contributed by atoms with Gasteiger partial charge in [-0.2, -0.15) is 0 Å². The summed E-state index contributed by atoms with van der Waals surface area (Å²) in [4.78, 5) is 0. The van der Waals surface area contributed by atoms with Crippen LogP contribution >= 0.6 is 0 Å². The van der Waals surface area contributed by atoms with Crippen molar-refractivity contribution in [2.75, 3.05) is 6.61 Å². The Morgan fingerprint density at radius 3 is 2.53 bits per heavy atom. The number of epoxide rings is 1. The van der Waals surface area contributed by atoms with Crippen molar-refractivity contribution in [3.05, 3.63) is 29.3 Å². The topological polar surface area (TPSA) is 21.8 Å². The molecule has 1 aliphatic heterocycles. The normalized spacial score (nSPS) is 23.2. The number of aryl methyl sites for hydroxylation is 1. The third-order valence-electron chi connectivity index (χ3n) is 4.09. The first-order valence-corrected chi connectivity index (χ1v) is 7.60. The Balaban J connectivity index is 2.15. The molecule has 0 saturated carbocycles. The summed E-state index contributed by atoms with van der Waals surface area (Å²) >= 11 is 0. The van der Waals surface area contributed by atoms with Crippen molar-refractivity contribution in [3.8, 4) is 5.75 Å². The van der Waals surface area contributed by atoms with Crippen molar-refractivity contribution >= 4 is 0 Å². The van der Waals surface area contributed by atoms with Crippen LogP contribution in [-0.2, 0) is 11.2 Å². The maximum atomic E-state index is 5.60. The lowest BCUT2D eigenvalue weighted by Crippen LogP contribution is -2.06. The van der Waals surface area contributed by atoms with E-state index in [0.717, 1.165) is 25.2 Å². The van der Waals surface area contributed by atoms with Crippen LogP contribution in [0.15, 0.2) is 18.2 Å². The zero-order valence-electron chi connectivity index (χ0n) is 12.6. The largest absolute Gasteiger partial charge is 0.494 e. The van der Waals surface area contributed by atoms with Crippen LogP contribution in [-0.4, -0.2) is 18.8 Å². The molecule has 1 heterocycles. The minimum absolute atomic E-state index is 0.460. The molecule has 0 N–H and O–H groups in total. The van der Waals surface area contributed by atoms with Crippen LogP contribution in [0.3, 0.4) is 0 Å². The third kappa shape index (κ3) is 3.50. The second-order valence-corrected chi connectivity index (χ2v) is 5.37. The van der Waals surface area contributed by atoms with Gasteiger partial charge in [0, 0.05) is 0 Å². The van der Waals surface area contributed by atoms with Crippen LogP contribution in [0.4, 0.5) is 0 Å². The fourth-order valence-electron chi connectivity index (χ4n) is 2.81. The fraction of sp³-hybridized carbons (Fsp3) is 0.647. The van der Waals surface area contributed by atoms with Crippen molar-refractivity contribution in [3.63, 3.8) is 0 Å². The summed E-state index contributed by atoms with van der Waals surface area (Å²) < 4.78 is 11.2. The molecule has 0 amide bonds. The van der Waals surface area contributed by atoms with Gasteiger partial charge in [0.2, 0.25) is 0 Å². The standard InChI is InChI=1S/C17H26O2/c1-5-13-10-15(18-7-3)8-9-16(13)14(6-2)11-17-12(4)19-17/h8-10,12,14,17H,5-7,11H2,1-4H3. The van der Waals surface area contributed by atoms with Gasteiger partial charge in [0.15, 0.2) is 0 Å². The Kier molecular flexibility index (Phi) is 4.87. The Bertz CT molecular complexity index is 414. The minimum atomic E-state index is 0.460. The highest BCUT2D eigenvalue weighted by Gasteiger charge is 2.36. The van der Waals surface area contributed by atoms with Gasteiger partial charge in [-0.15, -0.1) is 0 Å². The summed E-state index contributed by atoms with van der Waals surface area (Å²) in [6, 6.07) is 6.57. The molecular weight excluding hydrogens is 236 g/mol. The average molecular weight is 262 g/mol. The quantitative estimate of drug-likeness (QED) is 0.683. The molecule has 2 rings (SSSR count). The number of ether oxygens (including phenoxy) is 2. The Morgan fingerprint density at radius 1 is 1.26 bits per heavy atom. The van der Waals surface area contributed by atoms with E-state index in [1.165, 1.54) is 17.5 Å². The van der Waals surface area contributed by atoms with Crippen molar-refractivity contribution in [2.24, 2.45) is 0 Å². The molecule has 3 unspecified atom stereocenters. The molecule has 1 aromatic rings. The first-order valence-electron chi connectivity index (χ1n) is 7.60. The average Bonchev–Trinajstić information content (AvgIpc) is 3.12. The molecule has 3 atom stereocenters. The van der Waals surface area contributed by atoms with E-state index in [9.17, 15) is 0 Å². The lowest BCUT2D eigenvalue weighted by molar-refractivity contribution is 0.339. The predicted octanol–water partition coefficient (Wildman–Crippen LogP) is 4.32. The zero-order valence-corrected chi connectivity index (χ0v) is 12.6. The van der Waals surface area contributed by atoms with E-state index in [2.05, 4.69) is 39.0 Å². The highest BCUT2D eigenvalue weighted by atomic mass is 16.6. The number of hydrogen-bond acceptors (Lipinski definition) is 2. The molecule has 106 valence electrons. The van der Waals surface area contributed by atoms with E-state index in [4.69, 9.17) is 9.47 Å². The summed E-state index contributed by atoms with van der Waals surface area (Å²) in [5, 5.41) is 0. The number of benzene rings is 1. The van der Waals surface area contributed by atoms with Gasteiger partial charge in [0.05, 0.1) is 18.8 Å². The van der Waals surface area contributed by atoms with Crippen LogP contribution in [0.1, 0.15) is 57.6 Å². The molecule has 0 bridgehead atoms. The van der Waals surface area contributed by atoms with Gasteiger partial charge in [-0.25, -0.2) is 0 Å². The Morgan fingerprint density at radius 2 is 2.00 bits per heavy atom. The SMILES string of the molecule is CCOc1ccc(C(CC)CC2OC2C)c(CC)c1. The molecule has 0 spiro atoms. The van der Waals surface area contributed by atoms with Crippen molar-refractivity contribution in [2.45, 2.75) is 65.1 Å². The number of rotatable bonds is 7. The fourth-order valence-corrected chi connectivity index (χ4v) is 2.81. The Hall–Kier alpha value is -1.02. The Labute approximate surface area is 117 Å². The molecule has 1 aliphatic rings. The second-order valence-electron chi connectivity index (χ2n) is 5.37. The van der Waals surface area contributed by atoms with E-state index >= 15 is 0 Å². The first-order chi connectivity index (χ1) is 9.19. The molecular formula is C17H26O2. The van der Waals surface area contributed by atoms with Gasteiger partial charge in [0.25, 0.3) is 0 Å².